The lowest BCUT2D eigenvalue weighted by Gasteiger charge is -2.13. The van der Waals surface area contributed by atoms with Crippen molar-refractivity contribution in [1.82, 2.24) is 9.97 Å². The van der Waals surface area contributed by atoms with Crippen molar-refractivity contribution < 1.29 is 0 Å². The average molecular weight is 275 g/mol. The van der Waals surface area contributed by atoms with Crippen molar-refractivity contribution in [2.24, 2.45) is 0 Å². The SMILES string of the molecule is CNc1nc(C2CCCCCC2)nc2sc(C)cc12. The normalized spacial score (nSPS) is 17.6. The maximum Gasteiger partial charge on any atom is 0.138 e. The van der Waals surface area contributed by atoms with Crippen LogP contribution in [0.25, 0.3) is 10.2 Å². The Labute approximate surface area is 118 Å². The molecule has 1 saturated carbocycles. The highest BCUT2D eigenvalue weighted by atomic mass is 32.1. The highest BCUT2D eigenvalue weighted by molar-refractivity contribution is 7.18. The smallest absolute Gasteiger partial charge is 0.138 e. The molecule has 19 heavy (non-hydrogen) atoms. The van der Waals surface area contributed by atoms with Crippen LogP contribution in [0.2, 0.25) is 0 Å². The quantitative estimate of drug-likeness (QED) is 0.821. The first kappa shape index (κ1) is 12.9. The van der Waals surface area contributed by atoms with Crippen molar-refractivity contribution in [3.05, 3.63) is 16.8 Å². The molecule has 1 fully saturated rings. The number of hydrogen-bond donors (Lipinski definition) is 1. The number of anilines is 1. The molecule has 1 aliphatic carbocycles. The van der Waals surface area contributed by atoms with Gasteiger partial charge in [-0.3, -0.25) is 0 Å². The van der Waals surface area contributed by atoms with Crippen LogP contribution >= 0.6 is 11.3 Å². The van der Waals surface area contributed by atoms with Crippen LogP contribution in [0.3, 0.4) is 0 Å². The van der Waals surface area contributed by atoms with Crippen LogP contribution in [-0.2, 0) is 0 Å². The summed E-state index contributed by atoms with van der Waals surface area (Å²) in [6.07, 6.45) is 7.89. The van der Waals surface area contributed by atoms with Crippen molar-refractivity contribution in [1.29, 1.82) is 0 Å². The number of thiophene rings is 1. The molecule has 0 aromatic carbocycles. The Bertz CT molecular complexity index is 568. The van der Waals surface area contributed by atoms with Gasteiger partial charge in [-0.05, 0) is 25.8 Å². The van der Waals surface area contributed by atoms with E-state index in [2.05, 4.69) is 18.3 Å². The van der Waals surface area contributed by atoms with Crippen LogP contribution in [0.4, 0.5) is 5.82 Å². The predicted molar refractivity (Wildman–Crippen MR) is 82.1 cm³/mol. The maximum absolute atomic E-state index is 4.84. The largest absolute Gasteiger partial charge is 0.372 e. The number of fused-ring (bicyclic) bond motifs is 1. The molecular weight excluding hydrogens is 254 g/mol. The third-order valence-corrected chi connectivity index (χ3v) is 4.93. The first-order chi connectivity index (χ1) is 9.28. The van der Waals surface area contributed by atoms with Gasteiger partial charge in [0.05, 0.1) is 5.39 Å². The van der Waals surface area contributed by atoms with Crippen LogP contribution < -0.4 is 5.32 Å². The van der Waals surface area contributed by atoms with Crippen LogP contribution in [0, 0.1) is 6.92 Å². The molecule has 1 N–H and O–H groups in total. The first-order valence-corrected chi connectivity index (χ1v) is 8.05. The van der Waals surface area contributed by atoms with E-state index in [9.17, 15) is 0 Å². The molecule has 102 valence electrons. The molecule has 0 saturated heterocycles. The molecule has 2 aromatic rings. The highest BCUT2D eigenvalue weighted by Crippen LogP contribution is 2.34. The van der Waals surface area contributed by atoms with Crippen LogP contribution in [0.1, 0.15) is 55.1 Å². The molecule has 2 heterocycles. The van der Waals surface area contributed by atoms with Crippen LogP contribution in [-0.4, -0.2) is 17.0 Å². The van der Waals surface area contributed by atoms with E-state index in [-0.39, 0.29) is 0 Å². The molecule has 0 radical (unpaired) electrons. The molecule has 4 heteroatoms. The summed E-state index contributed by atoms with van der Waals surface area (Å²) in [7, 11) is 1.95. The highest BCUT2D eigenvalue weighted by Gasteiger charge is 2.19. The van der Waals surface area contributed by atoms with Crippen molar-refractivity contribution >= 4 is 27.4 Å². The van der Waals surface area contributed by atoms with Crippen molar-refractivity contribution in [3.63, 3.8) is 0 Å². The van der Waals surface area contributed by atoms with Crippen molar-refractivity contribution in [3.8, 4) is 0 Å². The van der Waals surface area contributed by atoms with Gasteiger partial charge >= 0.3 is 0 Å². The summed E-state index contributed by atoms with van der Waals surface area (Å²) in [6, 6.07) is 2.18. The van der Waals surface area contributed by atoms with Crippen molar-refractivity contribution in [2.45, 2.75) is 51.4 Å². The summed E-state index contributed by atoms with van der Waals surface area (Å²) in [5.74, 6) is 2.61. The monoisotopic (exact) mass is 275 g/mol. The third-order valence-electron chi connectivity index (χ3n) is 3.99. The summed E-state index contributed by atoms with van der Waals surface area (Å²) in [6.45, 7) is 2.14. The minimum atomic E-state index is 0.557. The van der Waals surface area contributed by atoms with Gasteiger partial charge in [0.25, 0.3) is 0 Å². The molecule has 0 amide bonds. The standard InChI is InChI=1S/C15H21N3S/c1-10-9-12-14(16-2)17-13(18-15(12)19-10)11-7-5-3-4-6-8-11/h9,11H,3-8H2,1-2H3,(H,16,17,18). The van der Waals surface area contributed by atoms with Gasteiger partial charge in [0.2, 0.25) is 0 Å². The van der Waals surface area contributed by atoms with E-state index >= 15 is 0 Å². The average Bonchev–Trinajstić information content (AvgIpc) is 2.64. The summed E-state index contributed by atoms with van der Waals surface area (Å²) in [5.41, 5.74) is 0. The number of nitrogens with one attached hydrogen (secondary N) is 1. The van der Waals surface area contributed by atoms with Gasteiger partial charge in [-0.15, -0.1) is 11.3 Å². The second-order valence-corrected chi connectivity index (χ2v) is 6.68. The zero-order valence-electron chi connectivity index (χ0n) is 11.7. The minimum Gasteiger partial charge on any atom is -0.372 e. The van der Waals surface area contributed by atoms with E-state index in [1.165, 1.54) is 48.8 Å². The Balaban J connectivity index is 2.02. The lowest BCUT2D eigenvalue weighted by molar-refractivity contribution is 0.564. The van der Waals surface area contributed by atoms with Crippen LogP contribution in [0.5, 0.6) is 0 Å². The first-order valence-electron chi connectivity index (χ1n) is 7.24. The molecule has 0 unspecified atom stereocenters. The molecule has 1 aliphatic rings. The maximum atomic E-state index is 4.84. The zero-order valence-corrected chi connectivity index (χ0v) is 12.5. The van der Waals surface area contributed by atoms with E-state index in [0.717, 1.165) is 16.5 Å². The fraction of sp³-hybridized carbons (Fsp3) is 0.600. The Kier molecular flexibility index (Phi) is 3.69. The van der Waals surface area contributed by atoms with E-state index in [0.29, 0.717) is 5.92 Å². The summed E-state index contributed by atoms with van der Waals surface area (Å²) < 4.78 is 0. The Hall–Kier alpha value is -1.16. The topological polar surface area (TPSA) is 37.8 Å². The lowest BCUT2D eigenvalue weighted by Crippen LogP contribution is -2.06. The minimum absolute atomic E-state index is 0.557. The molecule has 2 aromatic heterocycles. The summed E-state index contributed by atoms with van der Waals surface area (Å²) >= 11 is 1.77. The molecule has 0 bridgehead atoms. The predicted octanol–water partition coefficient (Wildman–Crippen LogP) is 4.48. The summed E-state index contributed by atoms with van der Waals surface area (Å²) in [4.78, 5) is 12.1. The fourth-order valence-corrected chi connectivity index (χ4v) is 3.86. The van der Waals surface area contributed by atoms with Crippen molar-refractivity contribution in [2.75, 3.05) is 12.4 Å². The second kappa shape index (κ2) is 5.45. The van der Waals surface area contributed by atoms with Gasteiger partial charge in [-0.1, -0.05) is 25.7 Å². The number of aryl methyl sites for hydroxylation is 1. The number of hydrogen-bond acceptors (Lipinski definition) is 4. The van der Waals surface area contributed by atoms with E-state index in [4.69, 9.17) is 9.97 Å². The number of rotatable bonds is 2. The van der Waals surface area contributed by atoms with Crippen LogP contribution in [0.15, 0.2) is 6.07 Å². The van der Waals surface area contributed by atoms with Gasteiger partial charge < -0.3 is 5.32 Å². The summed E-state index contributed by atoms with van der Waals surface area (Å²) in [5, 5.41) is 4.40. The molecule has 3 rings (SSSR count). The van der Waals surface area contributed by atoms with E-state index in [1.807, 2.05) is 7.05 Å². The Morgan fingerprint density at radius 1 is 1.16 bits per heavy atom. The van der Waals surface area contributed by atoms with E-state index < -0.39 is 0 Å². The molecule has 0 atom stereocenters. The van der Waals surface area contributed by atoms with E-state index in [1.54, 1.807) is 11.3 Å². The van der Waals surface area contributed by atoms with Gasteiger partial charge in [-0.2, -0.15) is 0 Å². The number of aromatic nitrogens is 2. The molecular formula is C15H21N3S. The fourth-order valence-electron chi connectivity index (χ4n) is 2.97. The lowest BCUT2D eigenvalue weighted by atomic mass is 9.99. The Morgan fingerprint density at radius 2 is 1.89 bits per heavy atom. The Morgan fingerprint density at radius 3 is 2.58 bits per heavy atom. The molecule has 0 aliphatic heterocycles. The zero-order chi connectivity index (χ0) is 13.2. The van der Waals surface area contributed by atoms with Gasteiger partial charge in [0.1, 0.15) is 16.5 Å². The van der Waals surface area contributed by atoms with Gasteiger partial charge in [0, 0.05) is 17.8 Å². The number of nitrogens with zero attached hydrogens (tertiary/aromatic N) is 2. The third kappa shape index (κ3) is 2.59. The van der Waals surface area contributed by atoms with Gasteiger partial charge in [0.15, 0.2) is 0 Å². The molecule has 0 spiro atoms. The molecule has 3 nitrogen and oxygen atoms in total. The van der Waals surface area contributed by atoms with Gasteiger partial charge in [-0.25, -0.2) is 9.97 Å². The second-order valence-electron chi connectivity index (χ2n) is 5.44.